The van der Waals surface area contributed by atoms with Crippen LogP contribution in [0.3, 0.4) is 0 Å². The molecule has 2 nitrogen and oxygen atoms in total. The van der Waals surface area contributed by atoms with E-state index in [4.69, 9.17) is 5.73 Å². The van der Waals surface area contributed by atoms with E-state index in [1.54, 1.807) is 0 Å². The molecular formula is C9H5F3N2S. The monoisotopic (exact) mass is 230 g/mol. The lowest BCUT2D eigenvalue weighted by atomic mass is 10.1. The van der Waals surface area contributed by atoms with Gasteiger partial charge in [0.05, 0.1) is 11.3 Å². The highest BCUT2D eigenvalue weighted by molar-refractivity contribution is 7.13. The van der Waals surface area contributed by atoms with E-state index >= 15 is 0 Å². The summed E-state index contributed by atoms with van der Waals surface area (Å²) in [6, 6.07) is 1.21. The van der Waals surface area contributed by atoms with Crippen molar-refractivity contribution in [2.45, 2.75) is 0 Å². The zero-order valence-electron chi connectivity index (χ0n) is 7.30. The van der Waals surface area contributed by atoms with Gasteiger partial charge in [-0.3, -0.25) is 0 Å². The standard InChI is InChI=1S/C9H5F3N2S/c10-4-1-5(11)8(6(12)2-4)7-3-15-9(13)14-7/h1-3H,(H2,13,14). The number of nitrogen functional groups attached to an aromatic ring is 1. The molecule has 0 radical (unpaired) electrons. The van der Waals surface area contributed by atoms with E-state index in [9.17, 15) is 13.2 Å². The Morgan fingerprint density at radius 3 is 2.20 bits per heavy atom. The maximum atomic E-state index is 13.3. The summed E-state index contributed by atoms with van der Waals surface area (Å²) in [6.07, 6.45) is 0. The second-order valence-electron chi connectivity index (χ2n) is 2.82. The van der Waals surface area contributed by atoms with Crippen molar-refractivity contribution in [1.82, 2.24) is 4.98 Å². The van der Waals surface area contributed by atoms with E-state index in [0.717, 1.165) is 11.3 Å². The topological polar surface area (TPSA) is 38.9 Å². The van der Waals surface area contributed by atoms with Crippen molar-refractivity contribution < 1.29 is 13.2 Å². The SMILES string of the molecule is Nc1nc(-c2c(F)cc(F)cc2F)cs1. The minimum atomic E-state index is -0.988. The van der Waals surface area contributed by atoms with Crippen LogP contribution in [0.4, 0.5) is 18.3 Å². The molecule has 0 aliphatic carbocycles. The maximum absolute atomic E-state index is 13.3. The van der Waals surface area contributed by atoms with Gasteiger partial charge in [0.15, 0.2) is 5.13 Å². The van der Waals surface area contributed by atoms with E-state index in [1.807, 2.05) is 0 Å². The second-order valence-corrected chi connectivity index (χ2v) is 3.71. The van der Waals surface area contributed by atoms with Crippen LogP contribution in [0.15, 0.2) is 17.5 Å². The second kappa shape index (κ2) is 3.54. The van der Waals surface area contributed by atoms with Gasteiger partial charge in [0.2, 0.25) is 0 Å². The molecule has 0 bridgehead atoms. The summed E-state index contributed by atoms with van der Waals surface area (Å²) in [5.41, 5.74) is 5.05. The van der Waals surface area contributed by atoms with Gasteiger partial charge in [0, 0.05) is 17.5 Å². The molecule has 0 atom stereocenters. The van der Waals surface area contributed by atoms with Crippen LogP contribution in [0.5, 0.6) is 0 Å². The van der Waals surface area contributed by atoms with Gasteiger partial charge in [-0.05, 0) is 0 Å². The number of aromatic nitrogens is 1. The van der Waals surface area contributed by atoms with Crippen molar-refractivity contribution in [1.29, 1.82) is 0 Å². The Morgan fingerprint density at radius 2 is 1.73 bits per heavy atom. The van der Waals surface area contributed by atoms with Crippen molar-refractivity contribution in [2.75, 3.05) is 5.73 Å². The van der Waals surface area contributed by atoms with Crippen LogP contribution >= 0.6 is 11.3 Å². The average molecular weight is 230 g/mol. The molecule has 0 saturated heterocycles. The first kappa shape index (κ1) is 9.97. The Kier molecular flexibility index (Phi) is 2.36. The molecule has 1 aromatic heterocycles. The molecule has 2 aromatic rings. The Balaban J connectivity index is 2.62. The normalized spacial score (nSPS) is 10.6. The zero-order valence-corrected chi connectivity index (χ0v) is 8.12. The van der Waals surface area contributed by atoms with Crippen molar-refractivity contribution in [2.24, 2.45) is 0 Å². The highest BCUT2D eigenvalue weighted by Gasteiger charge is 2.15. The number of anilines is 1. The van der Waals surface area contributed by atoms with Crippen LogP contribution in [0, 0.1) is 17.5 Å². The number of hydrogen-bond donors (Lipinski definition) is 1. The summed E-state index contributed by atoms with van der Waals surface area (Å²) in [7, 11) is 0. The molecule has 1 heterocycles. The van der Waals surface area contributed by atoms with Gasteiger partial charge in [-0.25, -0.2) is 18.2 Å². The van der Waals surface area contributed by atoms with Crippen molar-refractivity contribution in [3.8, 4) is 11.3 Å². The fraction of sp³-hybridized carbons (Fsp3) is 0. The largest absolute Gasteiger partial charge is 0.375 e. The third-order valence-electron chi connectivity index (χ3n) is 1.78. The number of benzene rings is 1. The first-order valence-electron chi connectivity index (χ1n) is 3.94. The van der Waals surface area contributed by atoms with Crippen LogP contribution in [0.2, 0.25) is 0 Å². The molecule has 0 aliphatic heterocycles. The van der Waals surface area contributed by atoms with Gasteiger partial charge >= 0.3 is 0 Å². The summed E-state index contributed by atoms with van der Waals surface area (Å²) in [6.45, 7) is 0. The summed E-state index contributed by atoms with van der Waals surface area (Å²) in [5, 5.41) is 1.61. The minimum absolute atomic E-state index is 0.0764. The first-order valence-corrected chi connectivity index (χ1v) is 4.82. The van der Waals surface area contributed by atoms with Crippen molar-refractivity contribution >= 4 is 16.5 Å². The fourth-order valence-corrected chi connectivity index (χ4v) is 1.74. The Hall–Kier alpha value is -1.56. The Bertz CT molecular complexity index is 487. The van der Waals surface area contributed by atoms with Crippen LogP contribution in [-0.4, -0.2) is 4.98 Å². The highest BCUT2D eigenvalue weighted by atomic mass is 32.1. The van der Waals surface area contributed by atoms with Gasteiger partial charge < -0.3 is 5.73 Å². The summed E-state index contributed by atoms with van der Waals surface area (Å²) in [5.74, 6) is -2.94. The average Bonchev–Trinajstić information content (AvgIpc) is 2.49. The van der Waals surface area contributed by atoms with Gasteiger partial charge in [0.25, 0.3) is 0 Å². The predicted molar refractivity (Wildman–Crippen MR) is 51.8 cm³/mol. The molecule has 15 heavy (non-hydrogen) atoms. The highest BCUT2D eigenvalue weighted by Crippen LogP contribution is 2.28. The molecule has 78 valence electrons. The van der Waals surface area contributed by atoms with Crippen LogP contribution in [0.1, 0.15) is 0 Å². The lowest BCUT2D eigenvalue weighted by molar-refractivity contribution is 0.547. The minimum Gasteiger partial charge on any atom is -0.375 e. The van der Waals surface area contributed by atoms with E-state index in [1.165, 1.54) is 5.38 Å². The van der Waals surface area contributed by atoms with Gasteiger partial charge in [-0.15, -0.1) is 11.3 Å². The molecule has 0 amide bonds. The summed E-state index contributed by atoms with van der Waals surface area (Å²) in [4.78, 5) is 3.73. The van der Waals surface area contributed by atoms with Crippen LogP contribution in [-0.2, 0) is 0 Å². The first-order chi connectivity index (χ1) is 7.08. The smallest absolute Gasteiger partial charge is 0.180 e. The molecule has 6 heteroatoms. The van der Waals surface area contributed by atoms with Crippen LogP contribution in [0.25, 0.3) is 11.3 Å². The molecule has 0 spiro atoms. The maximum Gasteiger partial charge on any atom is 0.180 e. The van der Waals surface area contributed by atoms with E-state index in [-0.39, 0.29) is 16.4 Å². The lowest BCUT2D eigenvalue weighted by Crippen LogP contribution is -1.93. The molecule has 1 aromatic carbocycles. The fourth-order valence-electron chi connectivity index (χ4n) is 1.19. The number of rotatable bonds is 1. The molecule has 0 saturated carbocycles. The van der Waals surface area contributed by atoms with Gasteiger partial charge in [-0.2, -0.15) is 0 Å². The number of nitrogens with zero attached hydrogens (tertiary/aromatic N) is 1. The number of nitrogens with two attached hydrogens (primary N) is 1. The quantitative estimate of drug-likeness (QED) is 0.818. The summed E-state index contributed by atoms with van der Waals surface area (Å²) < 4.78 is 39.1. The molecular weight excluding hydrogens is 225 g/mol. The molecule has 2 N–H and O–H groups in total. The van der Waals surface area contributed by atoms with Gasteiger partial charge in [0.1, 0.15) is 17.5 Å². The number of halogens is 3. The third kappa shape index (κ3) is 1.80. The molecule has 0 unspecified atom stereocenters. The predicted octanol–water partition coefficient (Wildman–Crippen LogP) is 2.81. The molecule has 0 aliphatic rings. The Labute approximate surface area is 87.2 Å². The van der Waals surface area contributed by atoms with Crippen LogP contribution < -0.4 is 5.73 Å². The number of thiazole rings is 1. The van der Waals surface area contributed by atoms with Gasteiger partial charge in [-0.1, -0.05) is 0 Å². The van der Waals surface area contributed by atoms with E-state index < -0.39 is 17.5 Å². The van der Waals surface area contributed by atoms with Crippen molar-refractivity contribution in [3.05, 3.63) is 35.0 Å². The zero-order chi connectivity index (χ0) is 11.0. The number of hydrogen-bond acceptors (Lipinski definition) is 3. The summed E-state index contributed by atoms with van der Waals surface area (Å²) >= 11 is 1.06. The van der Waals surface area contributed by atoms with Crippen molar-refractivity contribution in [3.63, 3.8) is 0 Å². The third-order valence-corrected chi connectivity index (χ3v) is 2.46. The van der Waals surface area contributed by atoms with E-state index in [2.05, 4.69) is 4.98 Å². The molecule has 0 fully saturated rings. The molecule has 2 rings (SSSR count). The lowest BCUT2D eigenvalue weighted by Gasteiger charge is -2.01. The van der Waals surface area contributed by atoms with E-state index in [0.29, 0.717) is 12.1 Å². The Morgan fingerprint density at radius 1 is 1.13 bits per heavy atom.